The van der Waals surface area contributed by atoms with Gasteiger partial charge in [0.1, 0.15) is 10.6 Å². The summed E-state index contributed by atoms with van der Waals surface area (Å²) < 4.78 is 14.8. The van der Waals surface area contributed by atoms with Gasteiger partial charge in [0.15, 0.2) is 0 Å². The van der Waals surface area contributed by atoms with Crippen LogP contribution in [-0.4, -0.2) is 33.3 Å². The fraction of sp³-hybridized carbons (Fsp3) is 0.278. The number of halogens is 1. The highest BCUT2D eigenvalue weighted by Crippen LogP contribution is 2.30. The molecule has 0 fully saturated rings. The molecule has 0 saturated carbocycles. The minimum atomic E-state index is -0.886. The summed E-state index contributed by atoms with van der Waals surface area (Å²) in [6.07, 6.45) is 0.00529. The highest BCUT2D eigenvalue weighted by Gasteiger charge is 2.18. The van der Waals surface area contributed by atoms with Crippen LogP contribution in [0.4, 0.5) is 4.39 Å². The average molecular weight is 375 g/mol. The molecule has 2 N–H and O–H groups in total. The van der Waals surface area contributed by atoms with Crippen molar-refractivity contribution < 1.29 is 19.1 Å². The molecule has 0 radical (unpaired) electrons. The van der Waals surface area contributed by atoms with Crippen LogP contribution in [0.2, 0.25) is 0 Å². The maximum absolute atomic E-state index is 13.1. The molecule has 2 heterocycles. The first-order valence-corrected chi connectivity index (χ1v) is 8.92. The summed E-state index contributed by atoms with van der Waals surface area (Å²) in [5, 5.41) is 16.9. The minimum Gasteiger partial charge on any atom is -0.481 e. The van der Waals surface area contributed by atoms with Crippen LogP contribution in [0.15, 0.2) is 30.3 Å². The van der Waals surface area contributed by atoms with Crippen LogP contribution in [0.1, 0.15) is 28.7 Å². The molecule has 3 rings (SSSR count). The number of rotatable bonds is 6. The Morgan fingerprint density at radius 1 is 1.35 bits per heavy atom. The zero-order chi connectivity index (χ0) is 18.8. The molecule has 0 aliphatic rings. The first kappa shape index (κ1) is 18.1. The first-order valence-electron chi connectivity index (χ1n) is 8.10. The van der Waals surface area contributed by atoms with Crippen LogP contribution < -0.4 is 5.32 Å². The van der Waals surface area contributed by atoms with E-state index in [1.807, 2.05) is 6.92 Å². The Morgan fingerprint density at radius 2 is 2.04 bits per heavy atom. The number of nitrogens with one attached hydrogen (secondary N) is 1. The topological polar surface area (TPSA) is 84.2 Å². The summed E-state index contributed by atoms with van der Waals surface area (Å²) in [7, 11) is 0. The van der Waals surface area contributed by atoms with Gasteiger partial charge in [0.25, 0.3) is 5.91 Å². The number of hydrogen-bond donors (Lipinski definition) is 2. The van der Waals surface area contributed by atoms with Gasteiger partial charge < -0.3 is 10.4 Å². The first-order chi connectivity index (χ1) is 12.3. The number of carbonyl (C=O) groups excluding carboxylic acids is 1. The zero-order valence-electron chi connectivity index (χ0n) is 14.3. The fourth-order valence-corrected chi connectivity index (χ4v) is 3.74. The standard InChI is InChI=1S/C18H18FN3O3S/c1-10(7-16(23)24)9-20-17(25)15-8-14-11(2)21-22(18(14)26-15)13-5-3-12(19)4-6-13/h3-6,8,10H,7,9H2,1-2H3,(H,20,25)(H,23,24). The molecule has 3 aromatic rings. The van der Waals surface area contributed by atoms with Crippen LogP contribution >= 0.6 is 11.3 Å². The lowest BCUT2D eigenvalue weighted by Crippen LogP contribution is -2.28. The number of carboxylic acids is 1. The molecule has 0 aliphatic carbocycles. The maximum atomic E-state index is 13.1. The van der Waals surface area contributed by atoms with E-state index in [2.05, 4.69) is 10.4 Å². The van der Waals surface area contributed by atoms with Crippen molar-refractivity contribution in [2.75, 3.05) is 6.54 Å². The molecule has 6 nitrogen and oxygen atoms in total. The predicted octanol–water partition coefficient (Wildman–Crippen LogP) is 3.38. The predicted molar refractivity (Wildman–Crippen MR) is 97.4 cm³/mol. The minimum absolute atomic E-state index is 0.00529. The smallest absolute Gasteiger partial charge is 0.303 e. The van der Waals surface area contributed by atoms with Crippen LogP contribution in [0.25, 0.3) is 15.9 Å². The fourth-order valence-electron chi connectivity index (χ4n) is 2.64. The average Bonchev–Trinajstić information content (AvgIpc) is 3.14. The van der Waals surface area contributed by atoms with Crippen LogP contribution in [0.3, 0.4) is 0 Å². The summed E-state index contributed by atoms with van der Waals surface area (Å²) >= 11 is 1.30. The second-order valence-electron chi connectivity index (χ2n) is 6.22. The number of carbonyl (C=O) groups is 2. The van der Waals surface area contributed by atoms with Crippen molar-refractivity contribution in [1.82, 2.24) is 15.1 Å². The van der Waals surface area contributed by atoms with E-state index >= 15 is 0 Å². The molecule has 0 saturated heterocycles. The second kappa shape index (κ2) is 7.25. The number of aryl methyl sites for hydroxylation is 1. The Bertz CT molecular complexity index is 962. The number of aromatic nitrogens is 2. The van der Waals surface area contributed by atoms with Crippen LogP contribution in [0, 0.1) is 18.7 Å². The molecule has 0 spiro atoms. The van der Waals surface area contributed by atoms with Gasteiger partial charge in [-0.3, -0.25) is 9.59 Å². The molecule has 1 amide bonds. The molecular weight excluding hydrogens is 357 g/mol. The van der Waals surface area contributed by atoms with Gasteiger partial charge in [-0.25, -0.2) is 9.07 Å². The summed E-state index contributed by atoms with van der Waals surface area (Å²) in [5.74, 6) is -1.60. The van der Waals surface area contributed by atoms with Gasteiger partial charge in [-0.2, -0.15) is 5.10 Å². The van der Waals surface area contributed by atoms with Crippen LogP contribution in [-0.2, 0) is 4.79 Å². The number of aliphatic carboxylic acids is 1. The number of fused-ring (bicyclic) bond motifs is 1. The molecule has 1 unspecified atom stereocenters. The lowest BCUT2D eigenvalue weighted by atomic mass is 10.1. The maximum Gasteiger partial charge on any atom is 0.303 e. The third kappa shape index (κ3) is 3.75. The third-order valence-electron chi connectivity index (χ3n) is 3.97. The number of benzene rings is 1. The molecule has 1 aromatic carbocycles. The largest absolute Gasteiger partial charge is 0.481 e. The molecule has 26 heavy (non-hydrogen) atoms. The van der Waals surface area contributed by atoms with Crippen molar-refractivity contribution in [2.45, 2.75) is 20.3 Å². The van der Waals surface area contributed by atoms with Gasteiger partial charge in [0.2, 0.25) is 0 Å². The van der Waals surface area contributed by atoms with Crippen molar-refractivity contribution >= 4 is 33.4 Å². The SMILES string of the molecule is Cc1nn(-c2ccc(F)cc2)c2sc(C(=O)NCC(C)CC(=O)O)cc12. The van der Waals surface area contributed by atoms with Crippen LogP contribution in [0.5, 0.6) is 0 Å². The summed E-state index contributed by atoms with van der Waals surface area (Å²) in [4.78, 5) is 24.4. The van der Waals surface area contributed by atoms with E-state index in [0.29, 0.717) is 17.1 Å². The highest BCUT2D eigenvalue weighted by atomic mass is 32.1. The van der Waals surface area contributed by atoms with Gasteiger partial charge in [0, 0.05) is 18.4 Å². The Balaban J connectivity index is 1.83. The quantitative estimate of drug-likeness (QED) is 0.692. The van der Waals surface area contributed by atoms with E-state index in [-0.39, 0.29) is 24.1 Å². The van der Waals surface area contributed by atoms with Crippen molar-refractivity contribution in [3.8, 4) is 5.69 Å². The summed E-state index contributed by atoms with van der Waals surface area (Å²) in [6, 6.07) is 7.77. The number of hydrogen-bond acceptors (Lipinski definition) is 4. The lowest BCUT2D eigenvalue weighted by molar-refractivity contribution is -0.137. The Morgan fingerprint density at radius 3 is 2.69 bits per heavy atom. The lowest BCUT2D eigenvalue weighted by Gasteiger charge is -2.09. The molecular formula is C18H18FN3O3S. The van der Waals surface area contributed by atoms with Gasteiger partial charge in [-0.1, -0.05) is 6.92 Å². The molecule has 0 aliphatic heterocycles. The van der Waals surface area contributed by atoms with Gasteiger partial charge in [0.05, 0.1) is 16.3 Å². The van der Waals surface area contributed by atoms with E-state index < -0.39 is 5.97 Å². The molecule has 8 heteroatoms. The number of nitrogens with zero attached hydrogens (tertiary/aromatic N) is 2. The third-order valence-corrected chi connectivity index (χ3v) is 5.08. The van der Waals surface area contributed by atoms with Crippen molar-refractivity contribution in [2.24, 2.45) is 5.92 Å². The van der Waals surface area contributed by atoms with E-state index in [1.54, 1.807) is 29.8 Å². The molecule has 136 valence electrons. The Kier molecular flexibility index (Phi) is 5.03. The number of thiophene rings is 1. The van der Waals surface area contributed by atoms with E-state index in [9.17, 15) is 14.0 Å². The monoisotopic (exact) mass is 375 g/mol. The van der Waals surface area contributed by atoms with Gasteiger partial charge in [-0.05, 0) is 43.2 Å². The van der Waals surface area contributed by atoms with E-state index in [0.717, 1.165) is 15.9 Å². The summed E-state index contributed by atoms with van der Waals surface area (Å²) in [6.45, 7) is 3.92. The van der Waals surface area contributed by atoms with Crippen molar-refractivity contribution in [1.29, 1.82) is 0 Å². The molecule has 0 bridgehead atoms. The number of carboxylic acid groups (broad SMARTS) is 1. The van der Waals surface area contributed by atoms with Gasteiger partial charge in [-0.15, -0.1) is 11.3 Å². The second-order valence-corrected chi connectivity index (χ2v) is 7.25. The van der Waals surface area contributed by atoms with Crippen molar-refractivity contribution in [3.05, 3.63) is 46.7 Å². The zero-order valence-corrected chi connectivity index (χ0v) is 15.1. The Hall–Kier alpha value is -2.74. The number of amides is 1. The van der Waals surface area contributed by atoms with Gasteiger partial charge >= 0.3 is 5.97 Å². The molecule has 1 atom stereocenters. The van der Waals surface area contributed by atoms with E-state index in [1.165, 1.54) is 23.5 Å². The Labute approximate surface area is 153 Å². The summed E-state index contributed by atoms with van der Waals surface area (Å²) in [5.41, 5.74) is 1.49. The molecule has 2 aromatic heterocycles. The van der Waals surface area contributed by atoms with E-state index in [4.69, 9.17) is 5.11 Å². The van der Waals surface area contributed by atoms with Crippen molar-refractivity contribution in [3.63, 3.8) is 0 Å². The normalized spacial score (nSPS) is 12.3. The highest BCUT2D eigenvalue weighted by molar-refractivity contribution is 7.20.